The van der Waals surface area contributed by atoms with E-state index in [4.69, 9.17) is 0 Å². The molecule has 0 saturated heterocycles. The molecule has 1 aromatic heterocycles. The Hall–Kier alpha value is -1.91. The van der Waals surface area contributed by atoms with E-state index < -0.39 is 0 Å². The lowest BCUT2D eigenvalue weighted by molar-refractivity contribution is -0.0445. The second kappa shape index (κ2) is 5.05. The number of anilines is 1. The third-order valence-corrected chi connectivity index (χ3v) is 6.26. The second-order valence-electron chi connectivity index (χ2n) is 8.02. The van der Waals surface area contributed by atoms with Gasteiger partial charge in [-0.3, -0.25) is 0 Å². The van der Waals surface area contributed by atoms with Crippen molar-refractivity contribution in [1.29, 1.82) is 0 Å². The van der Waals surface area contributed by atoms with Gasteiger partial charge in [0.2, 0.25) is 5.95 Å². The Morgan fingerprint density at radius 3 is 2.30 bits per heavy atom. The maximum absolute atomic E-state index is 4.20. The molecule has 5 heteroatoms. The molecular formula is C18H23N5. The summed E-state index contributed by atoms with van der Waals surface area (Å²) in [5.74, 6) is 3.71. The zero-order chi connectivity index (χ0) is 15.3. The molecule has 4 aliphatic rings. The monoisotopic (exact) mass is 309 g/mol. The van der Waals surface area contributed by atoms with Crippen molar-refractivity contribution < 1.29 is 0 Å². The minimum atomic E-state index is 0.488. The van der Waals surface area contributed by atoms with Gasteiger partial charge in [0.05, 0.1) is 5.69 Å². The van der Waals surface area contributed by atoms with Crippen LogP contribution in [0.2, 0.25) is 0 Å². The van der Waals surface area contributed by atoms with Crippen LogP contribution in [0, 0.1) is 23.2 Å². The molecule has 4 bridgehead atoms. The van der Waals surface area contributed by atoms with Gasteiger partial charge in [-0.05, 0) is 84.3 Å². The molecule has 0 unspecified atom stereocenters. The number of nitrogens with zero attached hydrogens (tertiary/aromatic N) is 4. The molecule has 0 radical (unpaired) electrons. The van der Waals surface area contributed by atoms with Crippen molar-refractivity contribution in [3.05, 3.63) is 30.3 Å². The first-order valence-corrected chi connectivity index (χ1v) is 8.87. The highest BCUT2D eigenvalue weighted by Gasteiger charge is 2.50. The minimum Gasteiger partial charge on any atom is -0.352 e. The largest absolute Gasteiger partial charge is 0.352 e. The van der Waals surface area contributed by atoms with Gasteiger partial charge in [0.1, 0.15) is 0 Å². The van der Waals surface area contributed by atoms with Crippen LogP contribution in [0.15, 0.2) is 30.3 Å². The maximum atomic E-state index is 4.20. The van der Waals surface area contributed by atoms with Gasteiger partial charge in [0.25, 0.3) is 0 Å². The van der Waals surface area contributed by atoms with Crippen LogP contribution in [0.5, 0.6) is 0 Å². The Balaban J connectivity index is 1.35. The number of para-hydroxylation sites is 1. The number of nitrogens with one attached hydrogen (secondary N) is 1. The van der Waals surface area contributed by atoms with Crippen LogP contribution in [0.25, 0.3) is 5.69 Å². The van der Waals surface area contributed by atoms with Gasteiger partial charge in [-0.2, -0.15) is 4.68 Å². The van der Waals surface area contributed by atoms with E-state index in [0.29, 0.717) is 5.41 Å². The zero-order valence-electron chi connectivity index (χ0n) is 13.4. The van der Waals surface area contributed by atoms with Crippen LogP contribution >= 0.6 is 0 Å². The van der Waals surface area contributed by atoms with Crippen molar-refractivity contribution >= 4 is 5.95 Å². The molecule has 0 atom stereocenters. The Morgan fingerprint density at radius 2 is 1.65 bits per heavy atom. The fourth-order valence-corrected chi connectivity index (χ4v) is 5.81. The Morgan fingerprint density at radius 1 is 1.00 bits per heavy atom. The molecule has 4 saturated carbocycles. The standard InChI is InChI=1S/C18H23N5/c1-2-4-16(5-3-1)23-17(20-21-22-23)19-12-18-9-13-6-14(10-18)8-15(7-13)11-18/h1-5,13-15H,6-12H2,(H,19,20,22). The van der Waals surface area contributed by atoms with Gasteiger partial charge in [-0.25, -0.2) is 0 Å². The summed E-state index contributed by atoms with van der Waals surface area (Å²) in [5, 5.41) is 15.8. The zero-order valence-corrected chi connectivity index (χ0v) is 13.4. The predicted octanol–water partition coefficient (Wildman–Crippen LogP) is 3.29. The molecule has 4 fully saturated rings. The highest BCUT2D eigenvalue weighted by Crippen LogP contribution is 2.59. The quantitative estimate of drug-likeness (QED) is 0.941. The van der Waals surface area contributed by atoms with E-state index in [1.54, 1.807) is 4.68 Å². The topological polar surface area (TPSA) is 55.6 Å². The third-order valence-electron chi connectivity index (χ3n) is 6.26. The van der Waals surface area contributed by atoms with Crippen LogP contribution in [0.3, 0.4) is 0 Å². The molecule has 0 aliphatic heterocycles. The summed E-state index contributed by atoms with van der Waals surface area (Å²) in [6.07, 6.45) is 8.67. The van der Waals surface area contributed by atoms with E-state index in [2.05, 4.69) is 20.8 Å². The number of benzene rings is 1. The molecule has 1 heterocycles. The van der Waals surface area contributed by atoms with Crippen molar-refractivity contribution in [2.75, 3.05) is 11.9 Å². The van der Waals surface area contributed by atoms with E-state index >= 15 is 0 Å². The summed E-state index contributed by atoms with van der Waals surface area (Å²) in [4.78, 5) is 0. The van der Waals surface area contributed by atoms with Gasteiger partial charge in [0.15, 0.2) is 0 Å². The van der Waals surface area contributed by atoms with Gasteiger partial charge in [0, 0.05) is 6.54 Å². The highest BCUT2D eigenvalue weighted by atomic mass is 15.6. The van der Waals surface area contributed by atoms with E-state index in [1.165, 1.54) is 38.5 Å². The molecule has 0 amide bonds. The minimum absolute atomic E-state index is 0.488. The first kappa shape index (κ1) is 13.5. The molecule has 6 rings (SSSR count). The van der Waals surface area contributed by atoms with Gasteiger partial charge in [-0.15, -0.1) is 0 Å². The molecule has 0 spiro atoms. The van der Waals surface area contributed by atoms with Crippen molar-refractivity contribution in [2.45, 2.75) is 38.5 Å². The first-order valence-electron chi connectivity index (χ1n) is 8.87. The van der Waals surface area contributed by atoms with Gasteiger partial charge < -0.3 is 5.32 Å². The van der Waals surface area contributed by atoms with E-state index in [-0.39, 0.29) is 0 Å². The number of aromatic nitrogens is 4. The van der Waals surface area contributed by atoms with Crippen molar-refractivity contribution in [2.24, 2.45) is 23.2 Å². The molecule has 1 aromatic carbocycles. The molecule has 5 nitrogen and oxygen atoms in total. The Kier molecular flexibility index (Phi) is 2.97. The van der Waals surface area contributed by atoms with E-state index in [0.717, 1.165) is 35.9 Å². The number of tetrazole rings is 1. The molecular weight excluding hydrogens is 286 g/mol. The van der Waals surface area contributed by atoms with Gasteiger partial charge >= 0.3 is 0 Å². The van der Waals surface area contributed by atoms with Crippen molar-refractivity contribution in [3.63, 3.8) is 0 Å². The summed E-state index contributed by atoms with van der Waals surface area (Å²) in [6.45, 7) is 1.02. The SMILES string of the molecule is c1ccc(-n2nnnc2NCC23CC4CC(CC(C4)C2)C3)cc1. The van der Waals surface area contributed by atoms with Crippen LogP contribution < -0.4 is 5.32 Å². The number of hydrogen-bond donors (Lipinski definition) is 1. The fraction of sp³-hybridized carbons (Fsp3) is 0.611. The molecule has 4 aliphatic carbocycles. The summed E-state index contributed by atoms with van der Waals surface area (Å²) in [6, 6.07) is 10.1. The Labute approximate surface area is 136 Å². The third kappa shape index (κ3) is 2.33. The summed E-state index contributed by atoms with van der Waals surface area (Å²) < 4.78 is 1.81. The lowest BCUT2D eigenvalue weighted by Crippen LogP contribution is -2.49. The number of hydrogen-bond acceptors (Lipinski definition) is 4. The summed E-state index contributed by atoms with van der Waals surface area (Å²) in [7, 11) is 0. The first-order chi connectivity index (χ1) is 11.3. The average molecular weight is 309 g/mol. The molecule has 2 aromatic rings. The van der Waals surface area contributed by atoms with Crippen molar-refractivity contribution in [1.82, 2.24) is 20.2 Å². The number of rotatable bonds is 4. The lowest BCUT2D eigenvalue weighted by Gasteiger charge is -2.56. The molecule has 120 valence electrons. The van der Waals surface area contributed by atoms with Crippen LogP contribution in [-0.2, 0) is 0 Å². The van der Waals surface area contributed by atoms with Crippen LogP contribution in [-0.4, -0.2) is 26.8 Å². The van der Waals surface area contributed by atoms with E-state index in [9.17, 15) is 0 Å². The normalized spacial score (nSPS) is 34.7. The smallest absolute Gasteiger partial charge is 0.247 e. The fourth-order valence-electron chi connectivity index (χ4n) is 5.81. The second-order valence-corrected chi connectivity index (χ2v) is 8.02. The van der Waals surface area contributed by atoms with Crippen LogP contribution in [0.4, 0.5) is 5.95 Å². The summed E-state index contributed by atoms with van der Waals surface area (Å²) >= 11 is 0. The summed E-state index contributed by atoms with van der Waals surface area (Å²) in [5.41, 5.74) is 1.49. The molecule has 1 N–H and O–H groups in total. The van der Waals surface area contributed by atoms with E-state index in [1.807, 2.05) is 30.3 Å². The Bertz CT molecular complexity index is 657. The predicted molar refractivity (Wildman–Crippen MR) is 88.2 cm³/mol. The molecule has 23 heavy (non-hydrogen) atoms. The van der Waals surface area contributed by atoms with Crippen molar-refractivity contribution in [3.8, 4) is 5.69 Å². The lowest BCUT2D eigenvalue weighted by atomic mass is 9.49. The maximum Gasteiger partial charge on any atom is 0.247 e. The van der Waals surface area contributed by atoms with Gasteiger partial charge in [-0.1, -0.05) is 23.3 Å². The highest BCUT2D eigenvalue weighted by molar-refractivity contribution is 5.38. The van der Waals surface area contributed by atoms with Crippen LogP contribution in [0.1, 0.15) is 38.5 Å². The average Bonchev–Trinajstić information content (AvgIpc) is 3.01.